The molecule has 500 valence electrons. The van der Waals surface area contributed by atoms with Crippen molar-refractivity contribution in [3.8, 4) is 0 Å². The molecular weight excluding hydrogens is 1040 g/mol. The molecule has 3 N–H and O–H groups in total. The van der Waals surface area contributed by atoms with E-state index in [4.69, 9.17) is 4.74 Å². The smallest absolute Gasteiger partial charge is 0.305 e. The maximum absolute atomic E-state index is 12.5. The second kappa shape index (κ2) is 74.3. The zero-order chi connectivity index (χ0) is 61.3. The summed E-state index contributed by atoms with van der Waals surface area (Å²) in [5.41, 5.74) is 0. The van der Waals surface area contributed by atoms with Crippen LogP contribution in [0.3, 0.4) is 0 Å². The molecule has 0 bridgehead atoms. The topological polar surface area (TPSA) is 95.9 Å². The van der Waals surface area contributed by atoms with Gasteiger partial charge in [0.1, 0.15) is 0 Å². The summed E-state index contributed by atoms with van der Waals surface area (Å²) < 4.78 is 5.49. The highest BCUT2D eigenvalue weighted by Gasteiger charge is 2.18. The summed E-state index contributed by atoms with van der Waals surface area (Å²) in [5.74, 6) is -0.0577. The number of hydrogen-bond donors (Lipinski definition) is 3. The fourth-order valence-electron chi connectivity index (χ4n) is 12.0. The molecule has 0 spiro atoms. The molecule has 6 heteroatoms. The number of ether oxygens (including phenoxy) is 1. The average molecular weight is 1190 g/mol. The maximum atomic E-state index is 12.5. The van der Waals surface area contributed by atoms with Crippen molar-refractivity contribution in [3.05, 3.63) is 48.6 Å². The number of amides is 1. The molecule has 0 fully saturated rings. The lowest BCUT2D eigenvalue weighted by molar-refractivity contribution is -0.143. The van der Waals surface area contributed by atoms with Gasteiger partial charge in [-0.1, -0.05) is 364 Å². The first kappa shape index (κ1) is 82.8. The Kier molecular flexibility index (Phi) is 72.4. The Morgan fingerprint density at radius 1 is 0.329 bits per heavy atom. The molecule has 2 unspecified atom stereocenters. The molecular formula is C79H149NO5. The van der Waals surface area contributed by atoms with Crippen LogP contribution in [0.2, 0.25) is 0 Å². The molecule has 0 aromatic rings. The van der Waals surface area contributed by atoms with Crippen LogP contribution in [0.25, 0.3) is 0 Å². The van der Waals surface area contributed by atoms with Gasteiger partial charge in [-0.25, -0.2) is 0 Å². The van der Waals surface area contributed by atoms with Crippen molar-refractivity contribution < 1.29 is 24.5 Å². The van der Waals surface area contributed by atoms with Crippen molar-refractivity contribution in [1.82, 2.24) is 5.32 Å². The number of carbonyl (C=O) groups is 2. The van der Waals surface area contributed by atoms with E-state index in [0.29, 0.717) is 19.4 Å². The third-order valence-corrected chi connectivity index (χ3v) is 17.8. The van der Waals surface area contributed by atoms with Gasteiger partial charge >= 0.3 is 5.97 Å². The summed E-state index contributed by atoms with van der Waals surface area (Å²) >= 11 is 0. The number of carbonyl (C=O) groups excluding carboxylic acids is 2. The molecule has 0 aliphatic carbocycles. The molecule has 0 aromatic carbocycles. The number of nitrogens with one attached hydrogen (secondary N) is 1. The summed E-state index contributed by atoms with van der Waals surface area (Å²) in [6.07, 6.45) is 97.9. The van der Waals surface area contributed by atoms with E-state index in [1.165, 1.54) is 340 Å². The Labute approximate surface area is 531 Å². The molecule has 0 saturated heterocycles. The second-order valence-electron chi connectivity index (χ2n) is 26.3. The maximum Gasteiger partial charge on any atom is 0.305 e. The highest BCUT2D eigenvalue weighted by molar-refractivity contribution is 5.76. The molecule has 0 heterocycles. The third-order valence-electron chi connectivity index (χ3n) is 17.8. The van der Waals surface area contributed by atoms with Gasteiger partial charge in [-0.2, -0.15) is 0 Å². The Morgan fingerprint density at radius 3 is 0.906 bits per heavy atom. The van der Waals surface area contributed by atoms with Gasteiger partial charge in [-0.05, 0) is 89.9 Å². The van der Waals surface area contributed by atoms with Crippen LogP contribution in [0.4, 0.5) is 0 Å². The molecule has 0 saturated carbocycles. The Balaban J connectivity index is 3.42. The van der Waals surface area contributed by atoms with Gasteiger partial charge in [0.05, 0.1) is 25.4 Å². The summed E-state index contributed by atoms with van der Waals surface area (Å²) in [4.78, 5) is 24.6. The molecule has 0 aromatic heterocycles. The van der Waals surface area contributed by atoms with E-state index in [0.717, 1.165) is 51.4 Å². The number of rotatable bonds is 72. The van der Waals surface area contributed by atoms with Crippen LogP contribution in [-0.4, -0.2) is 47.4 Å². The first-order valence-electron chi connectivity index (χ1n) is 38.4. The number of aliphatic hydroxyl groups excluding tert-OH is 2. The second-order valence-corrected chi connectivity index (χ2v) is 26.3. The van der Waals surface area contributed by atoms with Crippen LogP contribution in [0.1, 0.15) is 418 Å². The highest BCUT2D eigenvalue weighted by Crippen LogP contribution is 2.19. The summed E-state index contributed by atoms with van der Waals surface area (Å²) in [7, 11) is 0. The van der Waals surface area contributed by atoms with E-state index in [2.05, 4.69) is 55.6 Å². The van der Waals surface area contributed by atoms with Gasteiger partial charge in [0.15, 0.2) is 0 Å². The predicted molar refractivity (Wildman–Crippen MR) is 375 cm³/mol. The van der Waals surface area contributed by atoms with Crippen molar-refractivity contribution in [2.45, 2.75) is 431 Å². The molecule has 0 rings (SSSR count). The first-order valence-corrected chi connectivity index (χ1v) is 38.4. The van der Waals surface area contributed by atoms with Gasteiger partial charge in [0.25, 0.3) is 0 Å². The van der Waals surface area contributed by atoms with Crippen LogP contribution in [0.15, 0.2) is 48.6 Å². The molecule has 1 amide bonds. The van der Waals surface area contributed by atoms with Crippen LogP contribution in [0.5, 0.6) is 0 Å². The van der Waals surface area contributed by atoms with Crippen molar-refractivity contribution >= 4 is 11.9 Å². The van der Waals surface area contributed by atoms with Crippen LogP contribution in [0, 0.1) is 0 Å². The minimum absolute atomic E-state index is 0.00592. The zero-order valence-electron chi connectivity index (χ0n) is 57.4. The number of esters is 1. The van der Waals surface area contributed by atoms with E-state index >= 15 is 0 Å². The first-order chi connectivity index (χ1) is 42.0. The van der Waals surface area contributed by atoms with Crippen molar-refractivity contribution in [3.63, 3.8) is 0 Å². The normalized spacial score (nSPS) is 12.8. The minimum atomic E-state index is -0.846. The van der Waals surface area contributed by atoms with Crippen molar-refractivity contribution in [2.24, 2.45) is 0 Å². The fourth-order valence-corrected chi connectivity index (χ4v) is 12.0. The monoisotopic (exact) mass is 1190 g/mol. The quantitative estimate of drug-likeness (QED) is 0.0320. The van der Waals surface area contributed by atoms with E-state index in [1.54, 1.807) is 6.08 Å². The Bertz CT molecular complexity index is 1420. The van der Waals surface area contributed by atoms with Gasteiger partial charge < -0.3 is 20.3 Å². The Hall–Kier alpha value is -2.18. The minimum Gasteiger partial charge on any atom is -0.466 e. The number of allylic oxidation sites excluding steroid dienone is 7. The number of unbranched alkanes of at least 4 members (excludes halogenated alkanes) is 55. The molecule has 0 aliphatic heterocycles. The van der Waals surface area contributed by atoms with Gasteiger partial charge in [0.2, 0.25) is 5.91 Å². The van der Waals surface area contributed by atoms with E-state index in [1.807, 2.05) is 6.08 Å². The third kappa shape index (κ3) is 70.8. The van der Waals surface area contributed by atoms with Gasteiger partial charge in [0, 0.05) is 12.8 Å². The molecule has 6 nitrogen and oxygen atoms in total. The van der Waals surface area contributed by atoms with Crippen LogP contribution < -0.4 is 5.32 Å². The van der Waals surface area contributed by atoms with Crippen molar-refractivity contribution in [1.29, 1.82) is 0 Å². The highest BCUT2D eigenvalue weighted by atomic mass is 16.5. The summed E-state index contributed by atoms with van der Waals surface area (Å²) in [6.45, 7) is 4.93. The van der Waals surface area contributed by atoms with E-state index < -0.39 is 12.1 Å². The van der Waals surface area contributed by atoms with E-state index in [-0.39, 0.29) is 18.5 Å². The number of hydrogen-bond acceptors (Lipinski definition) is 5. The summed E-state index contributed by atoms with van der Waals surface area (Å²) in [6, 6.07) is -0.629. The number of aliphatic hydroxyl groups is 2. The predicted octanol–water partition coefficient (Wildman–Crippen LogP) is 25.2. The van der Waals surface area contributed by atoms with Crippen molar-refractivity contribution in [2.75, 3.05) is 13.2 Å². The largest absolute Gasteiger partial charge is 0.466 e. The van der Waals surface area contributed by atoms with E-state index in [9.17, 15) is 19.8 Å². The summed E-state index contributed by atoms with van der Waals surface area (Å²) in [5, 5.41) is 23.3. The SMILES string of the molecule is CCCCCCCCC/C=C\CCCCCCCC(=O)OCCCCCCCCCCC/C=C\C/C=C\CCCCCCCCCCCCCCCCCC(=O)NC(CO)C(O)/C=C/CCCCCCCCCCCCCCCCCCCCC. The fraction of sp³-hybridized carbons (Fsp3) is 0.873. The molecule has 0 radical (unpaired) electrons. The molecule has 85 heavy (non-hydrogen) atoms. The lowest BCUT2D eigenvalue weighted by Gasteiger charge is -2.20. The standard InChI is InChI=1S/C79H149NO5/c1-3-5-7-9-11-13-15-17-19-21-22-34-37-40-43-47-51-55-59-63-67-71-77(82)76(75-81)80-78(83)72-68-64-60-56-52-48-44-41-38-35-32-30-28-26-24-23-25-27-29-31-33-36-39-42-46-50-54-58-62-66-70-74-85-79(84)73-69-65-61-57-53-49-45-20-18-16-14-12-10-8-6-4-2/h20,25,27,31,33,45,67,71,76-77,81-82H,3-19,21-24,26,28-30,32,34-44,46-66,68-70,72-75H2,1-2H3,(H,80,83)/b27-25-,33-31-,45-20-,71-67+. The lowest BCUT2D eigenvalue weighted by atomic mass is 10.0. The van der Waals surface area contributed by atoms with Crippen LogP contribution in [-0.2, 0) is 14.3 Å². The van der Waals surface area contributed by atoms with Gasteiger partial charge in [-0.15, -0.1) is 0 Å². The lowest BCUT2D eigenvalue weighted by Crippen LogP contribution is -2.45. The van der Waals surface area contributed by atoms with Crippen LogP contribution >= 0.6 is 0 Å². The average Bonchev–Trinajstić information content (AvgIpc) is 3.51. The molecule has 0 aliphatic rings. The zero-order valence-corrected chi connectivity index (χ0v) is 57.4. The molecule has 2 atom stereocenters. The van der Waals surface area contributed by atoms with Gasteiger partial charge in [-0.3, -0.25) is 9.59 Å². The Morgan fingerprint density at radius 2 is 0.588 bits per heavy atom.